The van der Waals surface area contributed by atoms with Crippen molar-refractivity contribution in [2.75, 3.05) is 27.4 Å². The predicted octanol–water partition coefficient (Wildman–Crippen LogP) is 1.53. The van der Waals surface area contributed by atoms with Crippen molar-refractivity contribution < 1.29 is 9.47 Å². The lowest BCUT2D eigenvalue weighted by Gasteiger charge is -2.26. The zero-order valence-electron chi connectivity index (χ0n) is 9.25. The summed E-state index contributed by atoms with van der Waals surface area (Å²) in [5.74, 6) is 0.937. The van der Waals surface area contributed by atoms with Crippen molar-refractivity contribution in [1.29, 1.82) is 0 Å². The summed E-state index contributed by atoms with van der Waals surface area (Å²) in [6, 6.07) is 6.59. The Balaban J connectivity index is 2.28. The summed E-state index contributed by atoms with van der Waals surface area (Å²) in [5, 5.41) is 3.45. The Hall–Kier alpha value is -1.06. The monoisotopic (exact) mass is 207 g/mol. The van der Waals surface area contributed by atoms with Crippen molar-refractivity contribution >= 4 is 0 Å². The van der Waals surface area contributed by atoms with E-state index >= 15 is 0 Å². The van der Waals surface area contributed by atoms with Gasteiger partial charge in [0.2, 0.25) is 0 Å². The summed E-state index contributed by atoms with van der Waals surface area (Å²) in [6.45, 7) is 1.73. The second kappa shape index (κ2) is 4.64. The molecule has 1 aliphatic rings. The van der Waals surface area contributed by atoms with Crippen LogP contribution < -0.4 is 10.1 Å². The first-order valence-electron chi connectivity index (χ1n) is 5.24. The van der Waals surface area contributed by atoms with Crippen molar-refractivity contribution in [3.8, 4) is 5.75 Å². The summed E-state index contributed by atoms with van der Waals surface area (Å²) >= 11 is 0. The van der Waals surface area contributed by atoms with Gasteiger partial charge in [-0.1, -0.05) is 6.07 Å². The average Bonchev–Trinajstić information content (AvgIpc) is 2.29. The van der Waals surface area contributed by atoms with E-state index in [0.717, 1.165) is 25.3 Å². The van der Waals surface area contributed by atoms with Crippen molar-refractivity contribution in [2.45, 2.75) is 12.5 Å². The van der Waals surface area contributed by atoms with Gasteiger partial charge in [0.15, 0.2) is 0 Å². The molecule has 1 aromatic rings. The van der Waals surface area contributed by atoms with Crippen molar-refractivity contribution in [2.24, 2.45) is 0 Å². The molecule has 3 nitrogen and oxygen atoms in total. The minimum absolute atomic E-state index is 0.324. The molecule has 0 amide bonds. The third-order valence-electron chi connectivity index (χ3n) is 2.84. The summed E-state index contributed by atoms with van der Waals surface area (Å²) in [5.41, 5.74) is 2.71. The van der Waals surface area contributed by atoms with Crippen LogP contribution in [0.5, 0.6) is 5.75 Å². The van der Waals surface area contributed by atoms with Crippen LogP contribution in [0.1, 0.15) is 17.2 Å². The molecule has 1 aliphatic heterocycles. The van der Waals surface area contributed by atoms with Crippen LogP contribution in [0, 0.1) is 0 Å². The van der Waals surface area contributed by atoms with Gasteiger partial charge in [-0.05, 0) is 36.2 Å². The van der Waals surface area contributed by atoms with E-state index in [1.807, 2.05) is 6.07 Å². The Kier molecular flexibility index (Phi) is 3.23. The highest BCUT2D eigenvalue weighted by Gasteiger charge is 2.19. The molecule has 1 unspecified atom stereocenters. The molecule has 0 bridgehead atoms. The van der Waals surface area contributed by atoms with Crippen LogP contribution in [-0.2, 0) is 11.2 Å². The Morgan fingerprint density at radius 3 is 3.00 bits per heavy atom. The molecule has 0 aromatic heterocycles. The number of fused-ring (bicyclic) bond motifs is 1. The Bertz CT molecular complexity index is 338. The number of nitrogens with one attached hydrogen (secondary N) is 1. The van der Waals surface area contributed by atoms with Crippen molar-refractivity contribution in [3.05, 3.63) is 29.3 Å². The maximum Gasteiger partial charge on any atom is 0.119 e. The van der Waals surface area contributed by atoms with Gasteiger partial charge in [0.05, 0.1) is 19.8 Å². The molecule has 1 heterocycles. The van der Waals surface area contributed by atoms with Gasteiger partial charge in [-0.3, -0.25) is 0 Å². The molecule has 15 heavy (non-hydrogen) atoms. The maximum atomic E-state index is 5.22. The molecule has 0 aliphatic carbocycles. The lowest BCUT2D eigenvalue weighted by molar-refractivity contribution is 0.164. The summed E-state index contributed by atoms with van der Waals surface area (Å²) < 4.78 is 10.4. The molecule has 1 N–H and O–H groups in total. The lowest BCUT2D eigenvalue weighted by Crippen LogP contribution is -2.32. The molecule has 0 spiro atoms. The lowest BCUT2D eigenvalue weighted by atomic mass is 9.94. The SMILES string of the molecule is COCC1NCCc2cc(OC)ccc21. The van der Waals surface area contributed by atoms with Crippen LogP contribution in [0.2, 0.25) is 0 Å². The predicted molar refractivity (Wildman–Crippen MR) is 59.3 cm³/mol. The van der Waals surface area contributed by atoms with Crippen LogP contribution in [0.3, 0.4) is 0 Å². The molecule has 0 saturated heterocycles. The van der Waals surface area contributed by atoms with Gasteiger partial charge >= 0.3 is 0 Å². The fourth-order valence-electron chi connectivity index (χ4n) is 2.07. The Morgan fingerprint density at radius 1 is 1.40 bits per heavy atom. The van der Waals surface area contributed by atoms with Crippen LogP contribution in [-0.4, -0.2) is 27.4 Å². The first-order chi connectivity index (χ1) is 7.35. The van der Waals surface area contributed by atoms with Crippen molar-refractivity contribution in [1.82, 2.24) is 5.32 Å². The number of ether oxygens (including phenoxy) is 2. The fraction of sp³-hybridized carbons (Fsp3) is 0.500. The third-order valence-corrected chi connectivity index (χ3v) is 2.84. The van der Waals surface area contributed by atoms with Gasteiger partial charge in [0, 0.05) is 7.11 Å². The van der Waals surface area contributed by atoms with Gasteiger partial charge < -0.3 is 14.8 Å². The highest BCUT2D eigenvalue weighted by molar-refractivity contribution is 5.39. The number of hydrogen-bond acceptors (Lipinski definition) is 3. The van der Waals surface area contributed by atoms with E-state index in [2.05, 4.69) is 17.4 Å². The van der Waals surface area contributed by atoms with Crippen LogP contribution in [0.25, 0.3) is 0 Å². The summed E-state index contributed by atoms with van der Waals surface area (Å²) in [7, 11) is 3.44. The molecule has 0 saturated carbocycles. The second-order valence-electron chi connectivity index (χ2n) is 3.78. The summed E-state index contributed by atoms with van der Waals surface area (Å²) in [4.78, 5) is 0. The van der Waals surface area contributed by atoms with E-state index in [1.165, 1.54) is 11.1 Å². The zero-order valence-corrected chi connectivity index (χ0v) is 9.25. The first-order valence-corrected chi connectivity index (χ1v) is 5.24. The maximum absolute atomic E-state index is 5.22. The first kappa shape index (κ1) is 10.5. The van der Waals surface area contributed by atoms with Gasteiger partial charge in [-0.15, -0.1) is 0 Å². The van der Waals surface area contributed by atoms with E-state index in [1.54, 1.807) is 14.2 Å². The average molecular weight is 207 g/mol. The van der Waals surface area contributed by atoms with Crippen LogP contribution in [0.15, 0.2) is 18.2 Å². The molecule has 1 aromatic carbocycles. The van der Waals surface area contributed by atoms with E-state index < -0.39 is 0 Å². The van der Waals surface area contributed by atoms with Gasteiger partial charge in [0.1, 0.15) is 5.75 Å². The number of hydrogen-bond donors (Lipinski definition) is 1. The molecule has 0 fully saturated rings. The highest BCUT2D eigenvalue weighted by atomic mass is 16.5. The molecule has 0 radical (unpaired) electrons. The third kappa shape index (κ3) is 2.13. The van der Waals surface area contributed by atoms with E-state index in [-0.39, 0.29) is 0 Å². The smallest absolute Gasteiger partial charge is 0.119 e. The molecular formula is C12H17NO2. The summed E-state index contributed by atoms with van der Waals surface area (Å²) in [6.07, 6.45) is 1.06. The molecule has 2 rings (SSSR count). The highest BCUT2D eigenvalue weighted by Crippen LogP contribution is 2.26. The fourth-order valence-corrected chi connectivity index (χ4v) is 2.07. The van der Waals surface area contributed by atoms with E-state index in [0.29, 0.717) is 6.04 Å². The Labute approximate surface area is 90.4 Å². The van der Waals surface area contributed by atoms with E-state index in [4.69, 9.17) is 9.47 Å². The molecule has 82 valence electrons. The van der Waals surface area contributed by atoms with Gasteiger partial charge in [-0.25, -0.2) is 0 Å². The Morgan fingerprint density at radius 2 is 2.27 bits per heavy atom. The number of methoxy groups -OCH3 is 2. The number of rotatable bonds is 3. The van der Waals surface area contributed by atoms with Gasteiger partial charge in [0.25, 0.3) is 0 Å². The quantitative estimate of drug-likeness (QED) is 0.815. The van der Waals surface area contributed by atoms with Gasteiger partial charge in [-0.2, -0.15) is 0 Å². The second-order valence-corrected chi connectivity index (χ2v) is 3.78. The molecular weight excluding hydrogens is 190 g/mol. The standard InChI is InChI=1S/C12H17NO2/c1-14-8-12-11-4-3-10(15-2)7-9(11)5-6-13-12/h3-4,7,12-13H,5-6,8H2,1-2H3. The minimum atomic E-state index is 0.324. The van der Waals surface area contributed by atoms with Crippen LogP contribution in [0.4, 0.5) is 0 Å². The van der Waals surface area contributed by atoms with E-state index in [9.17, 15) is 0 Å². The normalized spacial score (nSPS) is 19.7. The number of benzene rings is 1. The van der Waals surface area contributed by atoms with Crippen molar-refractivity contribution in [3.63, 3.8) is 0 Å². The zero-order chi connectivity index (χ0) is 10.7. The van der Waals surface area contributed by atoms with Crippen LogP contribution >= 0.6 is 0 Å². The molecule has 1 atom stereocenters. The molecule has 3 heteroatoms. The largest absolute Gasteiger partial charge is 0.497 e. The minimum Gasteiger partial charge on any atom is -0.497 e. The topological polar surface area (TPSA) is 30.5 Å².